The van der Waals surface area contributed by atoms with Crippen molar-refractivity contribution in [3.8, 4) is 0 Å². The first-order valence-electron chi connectivity index (χ1n) is 6.51. The molecular formula is C16H20N2. The average Bonchev–Trinajstić information content (AvgIpc) is 2.35. The Balaban J connectivity index is 1.78. The molecule has 2 heteroatoms. The number of anilines is 1. The van der Waals surface area contributed by atoms with E-state index in [2.05, 4.69) is 48.3 Å². The van der Waals surface area contributed by atoms with Gasteiger partial charge in [-0.2, -0.15) is 0 Å². The van der Waals surface area contributed by atoms with Crippen molar-refractivity contribution in [3.63, 3.8) is 0 Å². The first-order chi connectivity index (χ1) is 8.74. The molecule has 0 radical (unpaired) electrons. The first-order valence-corrected chi connectivity index (χ1v) is 6.51. The molecule has 0 unspecified atom stereocenters. The van der Waals surface area contributed by atoms with Gasteiger partial charge in [0.25, 0.3) is 0 Å². The topological polar surface area (TPSA) is 38.9 Å². The fourth-order valence-electron chi connectivity index (χ4n) is 2.18. The molecule has 2 rings (SSSR count). The van der Waals surface area contributed by atoms with Crippen molar-refractivity contribution < 1.29 is 0 Å². The highest BCUT2D eigenvalue weighted by Crippen LogP contribution is 2.11. The molecule has 18 heavy (non-hydrogen) atoms. The number of benzene rings is 1. The van der Waals surface area contributed by atoms with Crippen molar-refractivity contribution in [2.45, 2.75) is 32.6 Å². The van der Waals surface area contributed by atoms with E-state index in [0.717, 1.165) is 25.0 Å². The third kappa shape index (κ3) is 3.88. The lowest BCUT2D eigenvalue weighted by Gasteiger charge is -2.04. The molecule has 2 N–H and O–H groups in total. The van der Waals surface area contributed by atoms with E-state index in [1.54, 1.807) is 0 Å². The summed E-state index contributed by atoms with van der Waals surface area (Å²) in [6, 6.07) is 14.7. The quantitative estimate of drug-likeness (QED) is 0.812. The van der Waals surface area contributed by atoms with Gasteiger partial charge in [-0.3, -0.25) is 0 Å². The number of aryl methyl sites for hydroxylation is 3. The largest absolute Gasteiger partial charge is 0.384 e. The molecule has 1 aromatic heterocycles. The molecule has 0 fully saturated rings. The van der Waals surface area contributed by atoms with Crippen molar-refractivity contribution in [1.29, 1.82) is 0 Å². The predicted octanol–water partition coefficient (Wildman–Crippen LogP) is 3.54. The van der Waals surface area contributed by atoms with E-state index in [1.807, 2.05) is 6.07 Å². The van der Waals surface area contributed by atoms with Crippen LogP contribution in [0.2, 0.25) is 0 Å². The van der Waals surface area contributed by atoms with Gasteiger partial charge >= 0.3 is 0 Å². The van der Waals surface area contributed by atoms with Crippen LogP contribution in [0.25, 0.3) is 0 Å². The summed E-state index contributed by atoms with van der Waals surface area (Å²) in [7, 11) is 0. The molecule has 1 aromatic carbocycles. The lowest BCUT2D eigenvalue weighted by molar-refractivity contribution is 0.723. The second-order valence-electron chi connectivity index (χ2n) is 4.75. The smallest absolute Gasteiger partial charge is 0.123 e. The molecule has 0 saturated carbocycles. The van der Waals surface area contributed by atoms with E-state index in [4.69, 9.17) is 5.73 Å². The summed E-state index contributed by atoms with van der Waals surface area (Å²) in [6.07, 6.45) is 4.51. The molecule has 0 aliphatic heterocycles. The lowest BCUT2D eigenvalue weighted by atomic mass is 10.1. The minimum Gasteiger partial charge on any atom is -0.384 e. The van der Waals surface area contributed by atoms with Crippen LogP contribution in [0.15, 0.2) is 42.5 Å². The summed E-state index contributed by atoms with van der Waals surface area (Å²) < 4.78 is 0. The van der Waals surface area contributed by atoms with Crippen molar-refractivity contribution in [2.75, 3.05) is 5.73 Å². The van der Waals surface area contributed by atoms with E-state index < -0.39 is 0 Å². The van der Waals surface area contributed by atoms with Gasteiger partial charge in [-0.05, 0) is 55.9 Å². The van der Waals surface area contributed by atoms with Crippen molar-refractivity contribution in [2.24, 2.45) is 0 Å². The van der Waals surface area contributed by atoms with Gasteiger partial charge in [-0.15, -0.1) is 0 Å². The Morgan fingerprint density at radius 3 is 2.44 bits per heavy atom. The zero-order valence-corrected chi connectivity index (χ0v) is 10.9. The number of hydrogen-bond acceptors (Lipinski definition) is 2. The van der Waals surface area contributed by atoms with Crippen molar-refractivity contribution >= 4 is 5.82 Å². The van der Waals surface area contributed by atoms with Crippen LogP contribution in [-0.2, 0) is 12.8 Å². The fourth-order valence-corrected chi connectivity index (χ4v) is 2.18. The molecule has 0 aliphatic rings. The van der Waals surface area contributed by atoms with Gasteiger partial charge in [0.15, 0.2) is 0 Å². The average molecular weight is 240 g/mol. The third-order valence-corrected chi connectivity index (χ3v) is 3.03. The van der Waals surface area contributed by atoms with Crippen LogP contribution in [0.5, 0.6) is 0 Å². The van der Waals surface area contributed by atoms with Gasteiger partial charge in [0, 0.05) is 5.69 Å². The summed E-state index contributed by atoms with van der Waals surface area (Å²) in [4.78, 5) is 4.36. The standard InChI is InChI=1S/C16H20N2/c1-13-11-15(18-16(17)12-13)10-6-5-9-14-7-3-2-4-8-14/h2-4,7-8,11-12H,5-6,9-10H2,1H3,(H2,17,18). The maximum atomic E-state index is 5.74. The molecule has 0 bridgehead atoms. The highest BCUT2D eigenvalue weighted by atomic mass is 14.8. The van der Waals surface area contributed by atoms with Crippen LogP contribution < -0.4 is 5.73 Å². The minimum atomic E-state index is 0.632. The van der Waals surface area contributed by atoms with Gasteiger partial charge in [-0.25, -0.2) is 4.98 Å². The van der Waals surface area contributed by atoms with E-state index >= 15 is 0 Å². The van der Waals surface area contributed by atoms with Crippen LogP contribution in [0.1, 0.15) is 29.7 Å². The van der Waals surface area contributed by atoms with Gasteiger partial charge in [0.2, 0.25) is 0 Å². The zero-order valence-electron chi connectivity index (χ0n) is 10.9. The summed E-state index contributed by atoms with van der Waals surface area (Å²) in [5.74, 6) is 0.632. The SMILES string of the molecule is Cc1cc(N)nc(CCCCc2ccccc2)c1. The minimum absolute atomic E-state index is 0.632. The number of nitrogens with two attached hydrogens (primary N) is 1. The number of pyridine rings is 1. The van der Waals surface area contributed by atoms with Gasteiger partial charge < -0.3 is 5.73 Å². The normalized spacial score (nSPS) is 10.5. The predicted molar refractivity (Wildman–Crippen MR) is 76.5 cm³/mol. The second-order valence-corrected chi connectivity index (χ2v) is 4.75. The molecule has 94 valence electrons. The number of hydrogen-bond donors (Lipinski definition) is 1. The molecule has 0 aliphatic carbocycles. The second kappa shape index (κ2) is 6.20. The maximum absolute atomic E-state index is 5.74. The van der Waals surface area contributed by atoms with Crippen molar-refractivity contribution in [3.05, 3.63) is 59.3 Å². The molecular weight excluding hydrogens is 220 g/mol. The van der Waals surface area contributed by atoms with E-state index in [-0.39, 0.29) is 0 Å². The molecule has 0 atom stereocenters. The molecule has 0 spiro atoms. The molecule has 2 nitrogen and oxygen atoms in total. The summed E-state index contributed by atoms with van der Waals surface area (Å²) in [6.45, 7) is 2.06. The Morgan fingerprint density at radius 2 is 1.72 bits per heavy atom. The summed E-state index contributed by atoms with van der Waals surface area (Å²) in [5, 5.41) is 0. The number of aromatic nitrogens is 1. The first kappa shape index (κ1) is 12.6. The summed E-state index contributed by atoms with van der Waals surface area (Å²) >= 11 is 0. The van der Waals surface area contributed by atoms with Gasteiger partial charge in [0.1, 0.15) is 5.82 Å². The fraction of sp³-hybridized carbons (Fsp3) is 0.312. The Labute approximate surface area is 109 Å². The number of nitrogen functional groups attached to an aromatic ring is 1. The van der Waals surface area contributed by atoms with Crippen LogP contribution >= 0.6 is 0 Å². The van der Waals surface area contributed by atoms with E-state index in [1.165, 1.54) is 17.5 Å². The molecule has 2 aromatic rings. The van der Waals surface area contributed by atoms with Crippen LogP contribution in [0, 0.1) is 6.92 Å². The molecule has 0 saturated heterocycles. The van der Waals surface area contributed by atoms with Crippen LogP contribution in [0.4, 0.5) is 5.82 Å². The van der Waals surface area contributed by atoms with Gasteiger partial charge in [0.05, 0.1) is 0 Å². The van der Waals surface area contributed by atoms with E-state index in [0.29, 0.717) is 5.82 Å². The lowest BCUT2D eigenvalue weighted by Crippen LogP contribution is -1.97. The monoisotopic (exact) mass is 240 g/mol. The van der Waals surface area contributed by atoms with Crippen LogP contribution in [0.3, 0.4) is 0 Å². The highest BCUT2D eigenvalue weighted by molar-refractivity contribution is 5.34. The Hall–Kier alpha value is -1.83. The van der Waals surface area contributed by atoms with Gasteiger partial charge in [-0.1, -0.05) is 30.3 Å². The van der Waals surface area contributed by atoms with Crippen molar-refractivity contribution in [1.82, 2.24) is 4.98 Å². The molecule has 0 amide bonds. The number of rotatable bonds is 5. The van der Waals surface area contributed by atoms with Crippen LogP contribution in [-0.4, -0.2) is 4.98 Å². The van der Waals surface area contributed by atoms with E-state index in [9.17, 15) is 0 Å². The third-order valence-electron chi connectivity index (χ3n) is 3.03. The Kier molecular flexibility index (Phi) is 4.35. The highest BCUT2D eigenvalue weighted by Gasteiger charge is 1.99. The zero-order chi connectivity index (χ0) is 12.8. The number of unbranched alkanes of at least 4 members (excludes halogenated alkanes) is 1. The Morgan fingerprint density at radius 1 is 1.00 bits per heavy atom. The maximum Gasteiger partial charge on any atom is 0.123 e. The molecule has 1 heterocycles. The number of nitrogens with zero attached hydrogens (tertiary/aromatic N) is 1. The Bertz CT molecular complexity index is 471. The summed E-state index contributed by atoms with van der Waals surface area (Å²) in [5.41, 5.74) is 9.46.